The zero-order valence-corrected chi connectivity index (χ0v) is 16.5. The van der Waals surface area contributed by atoms with E-state index in [0.29, 0.717) is 12.3 Å². The summed E-state index contributed by atoms with van der Waals surface area (Å²) in [6, 6.07) is 3.24. The van der Waals surface area contributed by atoms with E-state index in [4.69, 9.17) is 9.84 Å². The lowest BCUT2D eigenvalue weighted by molar-refractivity contribution is -0.0310. The van der Waals surface area contributed by atoms with E-state index in [2.05, 4.69) is 4.98 Å². The van der Waals surface area contributed by atoms with Crippen LogP contribution in [0.3, 0.4) is 0 Å². The fraction of sp³-hybridized carbons (Fsp3) is 0.667. The number of nitrogens with zero attached hydrogens (tertiary/aromatic N) is 1. The number of aromatic hydroxyl groups is 1. The van der Waals surface area contributed by atoms with Gasteiger partial charge in [-0.2, -0.15) is 0 Å². The van der Waals surface area contributed by atoms with Gasteiger partial charge in [-0.05, 0) is 50.2 Å². The summed E-state index contributed by atoms with van der Waals surface area (Å²) in [5.41, 5.74) is 1.37. The van der Waals surface area contributed by atoms with E-state index in [1.807, 2.05) is 27.7 Å². The van der Waals surface area contributed by atoms with Gasteiger partial charge in [0, 0.05) is 18.9 Å². The summed E-state index contributed by atoms with van der Waals surface area (Å²) in [4.78, 5) is 3.95. The molecule has 1 aliphatic carbocycles. The summed E-state index contributed by atoms with van der Waals surface area (Å²) in [5, 5.41) is 9.03. The van der Waals surface area contributed by atoms with Gasteiger partial charge in [0.15, 0.2) is 0 Å². The van der Waals surface area contributed by atoms with Crippen molar-refractivity contribution >= 4 is 0 Å². The Labute approximate surface area is 156 Å². The van der Waals surface area contributed by atoms with Crippen LogP contribution in [0.25, 0.3) is 0 Å². The smallest absolute Gasteiger partial charge is 0.248 e. The molecule has 26 heavy (non-hydrogen) atoms. The highest BCUT2D eigenvalue weighted by atomic mass is 19.3. The third kappa shape index (κ3) is 8.63. The Kier molecular flexibility index (Phi) is 9.60. The number of aromatic nitrogens is 1. The zero-order valence-electron chi connectivity index (χ0n) is 16.5. The molecule has 1 aliphatic rings. The lowest BCUT2D eigenvalue weighted by Crippen LogP contribution is -2.19. The maximum absolute atomic E-state index is 13.0. The molecule has 1 saturated carbocycles. The second-order valence-electron chi connectivity index (χ2n) is 7.15. The van der Waals surface area contributed by atoms with E-state index in [-0.39, 0.29) is 24.5 Å². The van der Waals surface area contributed by atoms with Gasteiger partial charge in [-0.15, -0.1) is 0 Å². The minimum atomic E-state index is -2.43. The van der Waals surface area contributed by atoms with Crippen LogP contribution >= 0.6 is 0 Å². The molecule has 2 rings (SSSR count). The monoisotopic (exact) mass is 369 g/mol. The van der Waals surface area contributed by atoms with Gasteiger partial charge in [0.05, 0.1) is 6.20 Å². The van der Waals surface area contributed by atoms with Gasteiger partial charge in [0.25, 0.3) is 0 Å². The highest BCUT2D eigenvalue weighted by Crippen LogP contribution is 2.30. The van der Waals surface area contributed by atoms with Crippen molar-refractivity contribution < 1.29 is 18.6 Å². The molecule has 0 aliphatic heterocycles. The van der Waals surface area contributed by atoms with E-state index < -0.39 is 5.92 Å². The average molecular weight is 369 g/mol. The van der Waals surface area contributed by atoms with Crippen LogP contribution in [0.5, 0.6) is 11.6 Å². The second-order valence-corrected chi connectivity index (χ2v) is 7.15. The maximum atomic E-state index is 13.0. The molecule has 1 aromatic heterocycles. The van der Waals surface area contributed by atoms with Crippen LogP contribution in [0.1, 0.15) is 79.1 Å². The topological polar surface area (TPSA) is 42.4 Å². The number of unbranched alkanes of at least 4 members (excludes halogenated alkanes) is 1. The molecule has 0 saturated heterocycles. The van der Waals surface area contributed by atoms with E-state index >= 15 is 0 Å². The summed E-state index contributed by atoms with van der Waals surface area (Å²) < 4.78 is 31.6. The molecule has 148 valence electrons. The number of ether oxygens (including phenoxy) is 1. The van der Waals surface area contributed by atoms with Gasteiger partial charge in [-0.1, -0.05) is 33.6 Å². The average Bonchev–Trinajstić information content (AvgIpc) is 2.53. The van der Waals surface area contributed by atoms with Crippen molar-refractivity contribution in [2.75, 3.05) is 0 Å². The fourth-order valence-electron chi connectivity index (χ4n) is 2.56. The van der Waals surface area contributed by atoms with Crippen LogP contribution in [0.2, 0.25) is 0 Å². The summed E-state index contributed by atoms with van der Waals surface area (Å²) in [7, 11) is 0. The molecule has 0 spiro atoms. The van der Waals surface area contributed by atoms with Gasteiger partial charge < -0.3 is 9.84 Å². The molecule has 0 radical (unpaired) electrons. The molecule has 1 heterocycles. The molecule has 1 N–H and O–H groups in total. The highest BCUT2D eigenvalue weighted by molar-refractivity contribution is 5.24. The standard InChI is InChI=1S/C11H13NO2.C10H20F2/c1-8(9-3-2-4-9)14-11-6-5-10(13)7-12-11;1-4-6-7-10(11,12)8-9(3)5-2/h5-7,13H,2-4H2,1H3;9H,4-8H2,1-3H3. The second kappa shape index (κ2) is 11.1. The summed E-state index contributed by atoms with van der Waals surface area (Å²) in [6.45, 7) is 7.75. The lowest BCUT2D eigenvalue weighted by atomic mass is 9.92. The Morgan fingerprint density at radius 1 is 1.31 bits per heavy atom. The first-order chi connectivity index (χ1) is 12.3. The zero-order chi connectivity index (χ0) is 19.6. The van der Waals surface area contributed by atoms with Crippen molar-refractivity contribution in [3.8, 4) is 11.6 Å². The van der Waals surface area contributed by atoms with Crippen LogP contribution < -0.4 is 4.74 Å². The number of hydrogen-bond donors (Lipinski definition) is 1. The third-order valence-corrected chi connectivity index (χ3v) is 4.67. The molecule has 0 bridgehead atoms. The maximum Gasteiger partial charge on any atom is 0.248 e. The largest absolute Gasteiger partial charge is 0.506 e. The summed E-state index contributed by atoms with van der Waals surface area (Å²) >= 11 is 0. The Balaban J connectivity index is 0.000000265. The van der Waals surface area contributed by atoms with Crippen LogP contribution in [0.15, 0.2) is 29.7 Å². The van der Waals surface area contributed by atoms with Crippen molar-refractivity contribution in [3.05, 3.63) is 29.7 Å². The molecule has 0 aromatic carbocycles. The van der Waals surface area contributed by atoms with Crippen LogP contribution in [-0.2, 0) is 0 Å². The van der Waals surface area contributed by atoms with Crippen molar-refractivity contribution in [1.29, 1.82) is 0 Å². The number of hydrogen-bond acceptors (Lipinski definition) is 3. The van der Waals surface area contributed by atoms with Crippen LogP contribution in [0, 0.1) is 5.92 Å². The van der Waals surface area contributed by atoms with Crippen molar-refractivity contribution in [1.82, 2.24) is 4.98 Å². The Hall–Kier alpha value is -1.65. The Bertz CT molecular complexity index is 550. The predicted octanol–water partition coefficient (Wildman–Crippen LogP) is 6.87. The fourth-order valence-corrected chi connectivity index (χ4v) is 2.56. The van der Waals surface area contributed by atoms with Crippen LogP contribution in [-0.4, -0.2) is 16.0 Å². The highest BCUT2D eigenvalue weighted by Gasteiger charge is 2.29. The normalized spacial score (nSPS) is 14.8. The van der Waals surface area contributed by atoms with Gasteiger partial charge in [-0.25, -0.2) is 13.8 Å². The molecular weight excluding hydrogens is 336 g/mol. The minimum absolute atomic E-state index is 0.0590. The molecule has 3 nitrogen and oxygen atoms in total. The van der Waals surface area contributed by atoms with Crippen molar-refractivity contribution in [2.45, 2.75) is 85.0 Å². The molecular formula is C21H33F2NO2. The van der Waals surface area contributed by atoms with Gasteiger partial charge >= 0.3 is 0 Å². The van der Waals surface area contributed by atoms with Gasteiger partial charge in [-0.3, -0.25) is 0 Å². The molecule has 1 aromatic rings. The van der Waals surface area contributed by atoms with E-state index in [0.717, 1.165) is 31.4 Å². The first-order valence-electron chi connectivity index (χ1n) is 9.66. The Morgan fingerprint density at radius 3 is 2.46 bits per heavy atom. The summed E-state index contributed by atoms with van der Waals surface area (Å²) in [5.74, 6) is -0.622. The number of rotatable bonds is 8. The number of alkyl halides is 2. The SMILES string of the molecule is CC(Oc1ccc(O)cn1)=C1CCC1.CCCCC(F)(F)CC(C)CC. The number of pyridine rings is 1. The first kappa shape index (κ1) is 22.4. The first-order valence-corrected chi connectivity index (χ1v) is 9.66. The lowest BCUT2D eigenvalue weighted by Gasteiger charge is -2.19. The molecule has 1 fully saturated rings. The van der Waals surface area contributed by atoms with E-state index in [1.165, 1.54) is 18.2 Å². The van der Waals surface area contributed by atoms with Crippen LogP contribution in [0.4, 0.5) is 8.78 Å². The quantitative estimate of drug-likeness (QED) is 0.508. The van der Waals surface area contributed by atoms with Crippen molar-refractivity contribution in [2.24, 2.45) is 5.92 Å². The van der Waals surface area contributed by atoms with E-state index in [9.17, 15) is 8.78 Å². The molecule has 5 heteroatoms. The summed E-state index contributed by atoms with van der Waals surface area (Å²) in [6.07, 6.45) is 7.40. The van der Waals surface area contributed by atoms with Gasteiger partial charge in [0.1, 0.15) is 11.5 Å². The van der Waals surface area contributed by atoms with Gasteiger partial charge in [0.2, 0.25) is 11.8 Å². The molecule has 1 unspecified atom stereocenters. The Morgan fingerprint density at radius 2 is 2.00 bits per heavy atom. The number of allylic oxidation sites excluding steroid dienone is 2. The number of halogens is 2. The van der Waals surface area contributed by atoms with Crippen molar-refractivity contribution in [3.63, 3.8) is 0 Å². The molecule has 1 atom stereocenters. The minimum Gasteiger partial charge on any atom is -0.506 e. The van der Waals surface area contributed by atoms with E-state index in [1.54, 1.807) is 12.1 Å². The predicted molar refractivity (Wildman–Crippen MR) is 102 cm³/mol. The molecule has 0 amide bonds. The third-order valence-electron chi connectivity index (χ3n) is 4.67.